The lowest BCUT2D eigenvalue weighted by molar-refractivity contribution is 0.115. The van der Waals surface area contributed by atoms with Crippen LogP contribution in [-0.2, 0) is 0 Å². The molecule has 110 valence electrons. The quantitative estimate of drug-likeness (QED) is 0.815. The molecular formula is C16H31N3. The van der Waals surface area contributed by atoms with Gasteiger partial charge in [0.05, 0.1) is 0 Å². The molecule has 3 aliphatic rings. The molecule has 0 aromatic heterocycles. The molecule has 3 aliphatic heterocycles. The van der Waals surface area contributed by atoms with E-state index in [9.17, 15) is 0 Å². The highest BCUT2D eigenvalue weighted by Gasteiger charge is 2.27. The Morgan fingerprint density at radius 1 is 1.00 bits per heavy atom. The van der Waals surface area contributed by atoms with E-state index in [0.717, 1.165) is 17.8 Å². The maximum atomic E-state index is 3.40. The van der Waals surface area contributed by atoms with Crippen molar-refractivity contribution in [2.75, 3.05) is 52.4 Å². The third-order valence-electron chi connectivity index (χ3n) is 5.59. The molecule has 3 nitrogen and oxygen atoms in total. The standard InChI is InChI=1S/C16H31N3/c1-14(16-10-17-11-16)12-19-8-4-15(5-9-19)13-18-6-2-3-7-18/h14-17H,2-13H2,1H3. The van der Waals surface area contributed by atoms with Gasteiger partial charge in [-0.2, -0.15) is 0 Å². The van der Waals surface area contributed by atoms with Crippen molar-refractivity contribution in [3.63, 3.8) is 0 Å². The third-order valence-corrected chi connectivity index (χ3v) is 5.59. The lowest BCUT2D eigenvalue weighted by atomic mass is 9.87. The van der Waals surface area contributed by atoms with Crippen molar-refractivity contribution in [1.29, 1.82) is 0 Å². The minimum absolute atomic E-state index is 0.886. The van der Waals surface area contributed by atoms with E-state index in [1.165, 1.54) is 78.0 Å². The zero-order chi connectivity index (χ0) is 13.1. The average molecular weight is 265 g/mol. The van der Waals surface area contributed by atoms with Gasteiger partial charge in [-0.25, -0.2) is 0 Å². The van der Waals surface area contributed by atoms with Gasteiger partial charge in [0.15, 0.2) is 0 Å². The molecule has 1 N–H and O–H groups in total. The second-order valence-corrected chi connectivity index (χ2v) is 7.15. The predicted octanol–water partition coefficient (Wildman–Crippen LogP) is 1.65. The zero-order valence-corrected chi connectivity index (χ0v) is 12.6. The van der Waals surface area contributed by atoms with E-state index in [-0.39, 0.29) is 0 Å². The monoisotopic (exact) mass is 265 g/mol. The number of hydrogen-bond acceptors (Lipinski definition) is 3. The Morgan fingerprint density at radius 2 is 1.68 bits per heavy atom. The van der Waals surface area contributed by atoms with Crippen LogP contribution in [0, 0.1) is 17.8 Å². The third kappa shape index (κ3) is 3.71. The Kier molecular flexibility index (Phi) is 4.78. The van der Waals surface area contributed by atoms with Gasteiger partial charge in [-0.1, -0.05) is 6.92 Å². The minimum Gasteiger partial charge on any atom is -0.316 e. The smallest absolute Gasteiger partial charge is 0.00106 e. The molecule has 19 heavy (non-hydrogen) atoms. The molecule has 1 atom stereocenters. The van der Waals surface area contributed by atoms with Gasteiger partial charge in [0.25, 0.3) is 0 Å². The van der Waals surface area contributed by atoms with E-state index < -0.39 is 0 Å². The Morgan fingerprint density at radius 3 is 2.26 bits per heavy atom. The number of hydrogen-bond donors (Lipinski definition) is 1. The first-order valence-corrected chi connectivity index (χ1v) is 8.46. The maximum absolute atomic E-state index is 3.40. The van der Waals surface area contributed by atoms with Crippen LogP contribution in [0.3, 0.4) is 0 Å². The van der Waals surface area contributed by atoms with Gasteiger partial charge in [0, 0.05) is 13.1 Å². The normalized spacial score (nSPS) is 29.5. The summed E-state index contributed by atoms with van der Waals surface area (Å²) in [7, 11) is 0. The highest BCUT2D eigenvalue weighted by atomic mass is 15.2. The fourth-order valence-corrected chi connectivity index (χ4v) is 3.95. The highest BCUT2D eigenvalue weighted by Crippen LogP contribution is 2.23. The van der Waals surface area contributed by atoms with Crippen molar-refractivity contribution in [1.82, 2.24) is 15.1 Å². The summed E-state index contributed by atoms with van der Waals surface area (Å²) in [6.45, 7) is 13.1. The van der Waals surface area contributed by atoms with Crippen molar-refractivity contribution in [3.8, 4) is 0 Å². The molecule has 0 aromatic rings. The van der Waals surface area contributed by atoms with Crippen LogP contribution >= 0.6 is 0 Å². The molecule has 1 unspecified atom stereocenters. The van der Waals surface area contributed by atoms with Crippen molar-refractivity contribution in [2.45, 2.75) is 32.6 Å². The van der Waals surface area contributed by atoms with Gasteiger partial charge in [0.1, 0.15) is 0 Å². The Bertz CT molecular complexity index is 263. The first-order valence-electron chi connectivity index (χ1n) is 8.46. The van der Waals surface area contributed by atoms with E-state index in [4.69, 9.17) is 0 Å². The SMILES string of the molecule is CC(CN1CCC(CN2CCCC2)CC1)C1CNC1. The van der Waals surface area contributed by atoms with Gasteiger partial charge in [-0.15, -0.1) is 0 Å². The molecule has 3 fully saturated rings. The molecular weight excluding hydrogens is 234 g/mol. The van der Waals surface area contributed by atoms with E-state index in [1.54, 1.807) is 0 Å². The molecule has 3 rings (SSSR count). The fourth-order valence-electron chi connectivity index (χ4n) is 3.95. The molecule has 0 saturated carbocycles. The van der Waals surface area contributed by atoms with Crippen LogP contribution in [0.5, 0.6) is 0 Å². The second kappa shape index (κ2) is 6.55. The van der Waals surface area contributed by atoms with Crippen LogP contribution in [-0.4, -0.2) is 62.2 Å². The summed E-state index contributed by atoms with van der Waals surface area (Å²) in [6.07, 6.45) is 5.75. The maximum Gasteiger partial charge on any atom is 0.00106 e. The summed E-state index contributed by atoms with van der Waals surface area (Å²) < 4.78 is 0. The summed E-state index contributed by atoms with van der Waals surface area (Å²) in [4.78, 5) is 5.42. The number of likely N-dealkylation sites (tertiary alicyclic amines) is 2. The van der Waals surface area contributed by atoms with E-state index in [1.807, 2.05) is 0 Å². The molecule has 0 radical (unpaired) electrons. The summed E-state index contributed by atoms with van der Waals surface area (Å²) in [5, 5.41) is 3.40. The summed E-state index contributed by atoms with van der Waals surface area (Å²) in [5.74, 6) is 2.81. The van der Waals surface area contributed by atoms with E-state index in [0.29, 0.717) is 0 Å². The van der Waals surface area contributed by atoms with Crippen LogP contribution in [0.25, 0.3) is 0 Å². The lowest BCUT2D eigenvalue weighted by Crippen LogP contribution is -2.49. The summed E-state index contributed by atoms with van der Waals surface area (Å²) in [5.41, 5.74) is 0. The molecule has 0 aliphatic carbocycles. The average Bonchev–Trinajstić information content (AvgIpc) is 2.82. The summed E-state index contributed by atoms with van der Waals surface area (Å²) in [6, 6.07) is 0. The minimum atomic E-state index is 0.886. The van der Waals surface area contributed by atoms with E-state index in [2.05, 4.69) is 22.0 Å². The molecule has 0 amide bonds. The molecule has 3 heteroatoms. The van der Waals surface area contributed by atoms with Crippen molar-refractivity contribution < 1.29 is 0 Å². The Balaban J connectivity index is 1.34. The number of piperidine rings is 1. The number of nitrogens with zero attached hydrogens (tertiary/aromatic N) is 2. The van der Waals surface area contributed by atoms with Gasteiger partial charge in [-0.3, -0.25) is 0 Å². The Labute approximate surface area is 118 Å². The number of rotatable bonds is 5. The first-order chi connectivity index (χ1) is 9.31. The Hall–Kier alpha value is -0.120. The van der Waals surface area contributed by atoms with Crippen molar-refractivity contribution in [3.05, 3.63) is 0 Å². The lowest BCUT2D eigenvalue weighted by Gasteiger charge is -2.39. The molecule has 0 aromatic carbocycles. The molecule has 0 bridgehead atoms. The topological polar surface area (TPSA) is 18.5 Å². The van der Waals surface area contributed by atoms with Gasteiger partial charge in [-0.05, 0) is 82.7 Å². The summed E-state index contributed by atoms with van der Waals surface area (Å²) >= 11 is 0. The molecule has 3 heterocycles. The zero-order valence-electron chi connectivity index (χ0n) is 12.6. The van der Waals surface area contributed by atoms with Gasteiger partial charge >= 0.3 is 0 Å². The molecule has 0 spiro atoms. The van der Waals surface area contributed by atoms with Crippen LogP contribution in [0.4, 0.5) is 0 Å². The van der Waals surface area contributed by atoms with E-state index >= 15 is 0 Å². The van der Waals surface area contributed by atoms with Crippen LogP contribution in [0.1, 0.15) is 32.6 Å². The van der Waals surface area contributed by atoms with Crippen LogP contribution < -0.4 is 5.32 Å². The fraction of sp³-hybridized carbons (Fsp3) is 1.00. The van der Waals surface area contributed by atoms with Gasteiger partial charge < -0.3 is 15.1 Å². The van der Waals surface area contributed by atoms with Crippen LogP contribution in [0.15, 0.2) is 0 Å². The number of nitrogens with one attached hydrogen (secondary N) is 1. The second-order valence-electron chi connectivity index (χ2n) is 7.15. The highest BCUT2D eigenvalue weighted by molar-refractivity contribution is 4.83. The first kappa shape index (κ1) is 13.8. The largest absolute Gasteiger partial charge is 0.316 e. The van der Waals surface area contributed by atoms with Crippen molar-refractivity contribution in [2.24, 2.45) is 17.8 Å². The van der Waals surface area contributed by atoms with Gasteiger partial charge in [0.2, 0.25) is 0 Å². The van der Waals surface area contributed by atoms with Crippen molar-refractivity contribution >= 4 is 0 Å². The predicted molar refractivity (Wildman–Crippen MR) is 80.4 cm³/mol. The molecule has 3 saturated heterocycles. The van der Waals surface area contributed by atoms with Crippen LogP contribution in [0.2, 0.25) is 0 Å².